The van der Waals surface area contributed by atoms with Gasteiger partial charge in [-0.05, 0) is 181 Å². The van der Waals surface area contributed by atoms with Crippen molar-refractivity contribution in [1.29, 1.82) is 0 Å². The van der Waals surface area contributed by atoms with E-state index in [2.05, 4.69) is 267 Å². The number of fused-ring (bicyclic) bond motifs is 18. The van der Waals surface area contributed by atoms with Gasteiger partial charge in [0.05, 0.1) is 0 Å². The highest BCUT2D eigenvalue weighted by Gasteiger charge is 2.20. The highest BCUT2D eigenvalue weighted by atomic mass is 32.1. The fraction of sp³-hybridized carbons (Fsp3) is 0.0256. The first kappa shape index (κ1) is 45.6. The van der Waals surface area contributed by atoms with Crippen LogP contribution in [0.25, 0.3) is 166 Å². The summed E-state index contributed by atoms with van der Waals surface area (Å²) in [5.74, 6) is 0. The maximum atomic E-state index is 2.47. The molecule has 0 radical (unpaired) electrons. The largest absolute Gasteiger partial charge is 0.135 e. The Hall–Kier alpha value is -9.44. The van der Waals surface area contributed by atoms with E-state index >= 15 is 0 Å². The lowest BCUT2D eigenvalue weighted by molar-refractivity contribution is 1.04. The number of benzene rings is 14. The van der Waals surface area contributed by atoms with E-state index in [1.54, 1.807) is 0 Å². The van der Waals surface area contributed by atoms with Crippen molar-refractivity contribution in [2.24, 2.45) is 0 Å². The van der Waals surface area contributed by atoms with Crippen LogP contribution in [0.4, 0.5) is 0 Å². The monoisotopic (exact) mass is 1050 g/mol. The summed E-state index contributed by atoms with van der Waals surface area (Å²) in [6.45, 7) is 0. The number of hydrogen-bond acceptors (Lipinski definition) is 2. The van der Waals surface area contributed by atoms with Crippen LogP contribution in [0, 0.1) is 0 Å². The number of thiophene rings is 2. The lowest BCUT2D eigenvalue weighted by Crippen LogP contribution is -1.88. The van der Waals surface area contributed by atoms with E-state index in [9.17, 15) is 0 Å². The van der Waals surface area contributed by atoms with Gasteiger partial charge in [-0.2, -0.15) is 0 Å². The summed E-state index contributed by atoms with van der Waals surface area (Å²) in [4.78, 5) is 0. The van der Waals surface area contributed by atoms with Crippen molar-refractivity contribution in [3.63, 3.8) is 0 Å². The van der Waals surface area contributed by atoms with Gasteiger partial charge < -0.3 is 0 Å². The minimum Gasteiger partial charge on any atom is -0.135 e. The van der Waals surface area contributed by atoms with E-state index in [-0.39, 0.29) is 0 Å². The predicted molar refractivity (Wildman–Crippen MR) is 351 cm³/mol. The Morgan fingerprint density at radius 2 is 0.637 bits per heavy atom. The molecule has 2 aromatic heterocycles. The van der Waals surface area contributed by atoms with Crippen molar-refractivity contribution in [2.45, 2.75) is 12.8 Å². The van der Waals surface area contributed by atoms with E-state index in [0.29, 0.717) is 0 Å². The van der Waals surface area contributed by atoms with Crippen molar-refractivity contribution in [2.75, 3.05) is 0 Å². The van der Waals surface area contributed by atoms with Crippen LogP contribution in [-0.4, -0.2) is 0 Å². The molecule has 0 aliphatic heterocycles. The molecule has 1 aliphatic carbocycles. The maximum absolute atomic E-state index is 2.47. The van der Waals surface area contributed by atoms with E-state index in [1.807, 2.05) is 22.7 Å². The number of rotatable bonds is 6. The first-order chi connectivity index (χ1) is 39.7. The van der Waals surface area contributed by atoms with Gasteiger partial charge in [0.2, 0.25) is 0 Å². The molecule has 0 saturated carbocycles. The Labute approximate surface area is 471 Å². The lowest BCUT2D eigenvalue weighted by Gasteiger charge is -2.15. The third-order valence-corrected chi connectivity index (χ3v) is 19.8. The predicted octanol–water partition coefficient (Wildman–Crippen LogP) is 23.4. The van der Waals surface area contributed by atoms with Crippen LogP contribution in [0.3, 0.4) is 0 Å². The molecule has 0 nitrogen and oxygen atoms in total. The molecule has 0 spiro atoms. The fourth-order valence-electron chi connectivity index (χ4n) is 13.5. The highest BCUT2D eigenvalue weighted by molar-refractivity contribution is 7.27. The molecule has 0 bridgehead atoms. The van der Waals surface area contributed by atoms with Gasteiger partial charge in [-0.15, -0.1) is 22.7 Å². The van der Waals surface area contributed by atoms with E-state index < -0.39 is 0 Å². The average molecular weight is 1050 g/mol. The summed E-state index contributed by atoms with van der Waals surface area (Å²) in [5.41, 5.74) is 15.1. The molecule has 1 aliphatic rings. The van der Waals surface area contributed by atoms with Gasteiger partial charge >= 0.3 is 0 Å². The van der Waals surface area contributed by atoms with Gasteiger partial charge in [0.25, 0.3) is 0 Å². The Morgan fingerprint density at radius 1 is 0.237 bits per heavy atom. The van der Waals surface area contributed by atoms with Gasteiger partial charge in [0.1, 0.15) is 0 Å². The zero-order chi connectivity index (χ0) is 52.4. The van der Waals surface area contributed by atoms with Crippen LogP contribution in [0.1, 0.15) is 18.4 Å². The fourth-order valence-corrected chi connectivity index (χ4v) is 16.1. The van der Waals surface area contributed by atoms with Crippen LogP contribution < -0.4 is 0 Å². The summed E-state index contributed by atoms with van der Waals surface area (Å²) in [7, 11) is 0. The molecular formula is C78H48S2. The summed E-state index contributed by atoms with van der Waals surface area (Å²) in [5, 5.41) is 20.7. The Morgan fingerprint density at radius 3 is 1.21 bits per heavy atom. The second-order valence-electron chi connectivity index (χ2n) is 21.6. The van der Waals surface area contributed by atoms with Gasteiger partial charge in [0.15, 0.2) is 0 Å². The molecule has 17 rings (SSSR count). The topological polar surface area (TPSA) is 0 Å². The smallest absolute Gasteiger partial charge is 0.0440 e. The van der Waals surface area contributed by atoms with Gasteiger partial charge in [-0.3, -0.25) is 0 Å². The lowest BCUT2D eigenvalue weighted by atomic mass is 9.88. The van der Waals surface area contributed by atoms with Crippen LogP contribution >= 0.6 is 22.7 Å². The minimum absolute atomic E-state index is 1.10. The van der Waals surface area contributed by atoms with Crippen molar-refractivity contribution >= 4 is 133 Å². The van der Waals surface area contributed by atoms with Crippen LogP contribution in [-0.2, 0) is 0 Å². The molecular weight excluding hydrogens is 1000 g/mol. The molecule has 2 heterocycles. The first-order valence-corrected chi connectivity index (χ1v) is 29.5. The molecule has 14 aromatic carbocycles. The molecule has 2 heteroatoms. The zero-order valence-electron chi connectivity index (χ0n) is 43.6. The molecule has 0 saturated heterocycles. The van der Waals surface area contributed by atoms with Crippen molar-refractivity contribution < 1.29 is 0 Å². The zero-order valence-corrected chi connectivity index (χ0v) is 45.3. The average Bonchev–Trinajstić information content (AvgIpc) is 4.15. The van der Waals surface area contributed by atoms with E-state index in [1.165, 1.54) is 172 Å². The second-order valence-corrected chi connectivity index (χ2v) is 23.7. The molecule has 0 amide bonds. The summed E-state index contributed by atoms with van der Waals surface area (Å²) >= 11 is 3.84. The maximum Gasteiger partial charge on any atom is 0.0440 e. The van der Waals surface area contributed by atoms with E-state index in [4.69, 9.17) is 0 Å². The summed E-state index contributed by atoms with van der Waals surface area (Å²) in [6.07, 6.45) is 9.23. The molecule has 0 fully saturated rings. The minimum atomic E-state index is 1.10. The third-order valence-electron chi connectivity index (χ3n) is 17.3. The number of allylic oxidation sites excluding steroid dienone is 4. The Bertz CT molecular complexity index is 5330. The SMILES string of the molecule is C1=CC(c2cccc3c2sc2c(-c4cccc(-c5ccc6c7ccccc7c7cc(-c8ccc(-c9cccc(-c%10ccc%11c%12ccccc%12c%12ccccc%12c%11c%10)c9)c9sc%10ccccc%10c89)ccc7c6c5)c4)cccc23)=CCC1. The molecule has 0 atom stereocenters. The summed E-state index contributed by atoms with van der Waals surface area (Å²) in [6, 6.07) is 93.9. The Kier molecular flexibility index (Phi) is 10.3. The molecule has 80 heavy (non-hydrogen) atoms. The molecule has 16 aromatic rings. The highest BCUT2D eigenvalue weighted by Crippen LogP contribution is 2.49. The standard InChI is InChI=1S/C78H48S2/c1-2-16-47(17-3-1)56-29-14-31-68-69-32-15-30-57(77(69)80-76(56)68)52-20-12-18-48(42-52)51-35-38-66-62-25-7-9-27-64(62)73-46-54(36-39-67(73)72(66)45-51)55-40-41-58(78-75(55)70-28-10-11-33-74(70)79-78)53-21-13-19-49(43-53)50-34-37-65-61-24-5-4-22-59(61)60-23-6-8-26-63(60)71(65)44-50/h2,4-46H,1,3H2. The van der Waals surface area contributed by atoms with Crippen molar-refractivity contribution in [3.8, 4) is 55.6 Å². The van der Waals surface area contributed by atoms with Crippen molar-refractivity contribution in [3.05, 3.63) is 273 Å². The van der Waals surface area contributed by atoms with Crippen LogP contribution in [0.5, 0.6) is 0 Å². The second kappa shape index (κ2) is 18.1. The molecule has 0 N–H and O–H groups in total. The van der Waals surface area contributed by atoms with Crippen molar-refractivity contribution in [1.82, 2.24) is 0 Å². The first-order valence-electron chi connectivity index (χ1n) is 27.9. The van der Waals surface area contributed by atoms with Crippen LogP contribution in [0.2, 0.25) is 0 Å². The van der Waals surface area contributed by atoms with E-state index in [0.717, 1.165) is 12.8 Å². The van der Waals surface area contributed by atoms with Gasteiger partial charge in [-0.1, -0.05) is 231 Å². The molecule has 0 unspecified atom stereocenters. The molecule has 372 valence electrons. The van der Waals surface area contributed by atoms with Gasteiger partial charge in [0, 0.05) is 40.3 Å². The number of hydrogen-bond donors (Lipinski definition) is 0. The summed E-state index contributed by atoms with van der Waals surface area (Å²) < 4.78 is 5.33. The van der Waals surface area contributed by atoms with Crippen LogP contribution in [0.15, 0.2) is 267 Å². The third kappa shape index (κ3) is 7.06. The quantitative estimate of drug-likeness (QED) is 0.146. The van der Waals surface area contributed by atoms with Gasteiger partial charge in [-0.25, -0.2) is 0 Å². The normalized spacial score (nSPS) is 12.9. The Balaban J connectivity index is 0.779.